The Bertz CT molecular complexity index is 391. The van der Waals surface area contributed by atoms with Crippen LogP contribution in [0, 0.1) is 11.3 Å². The molecule has 0 aliphatic heterocycles. The quantitative estimate of drug-likeness (QED) is 0.837. The number of benzene rings is 1. The van der Waals surface area contributed by atoms with Gasteiger partial charge in [-0.3, -0.25) is 0 Å². The summed E-state index contributed by atoms with van der Waals surface area (Å²) in [5, 5.41) is 28.4. The minimum Gasteiger partial charge on any atom is -0.389 e. The van der Waals surface area contributed by atoms with Crippen LogP contribution in [0.15, 0.2) is 18.2 Å². The second-order valence-corrected chi connectivity index (χ2v) is 4.07. The lowest BCUT2D eigenvalue weighted by Gasteiger charge is -2.17. The van der Waals surface area contributed by atoms with Gasteiger partial charge in [-0.1, -0.05) is 27.5 Å². The Morgan fingerprint density at radius 1 is 1.47 bits per heavy atom. The molecule has 1 aromatic rings. The Kier molecular flexibility index (Phi) is 4.55. The summed E-state index contributed by atoms with van der Waals surface area (Å²) in [6.45, 7) is 0. The van der Waals surface area contributed by atoms with E-state index in [0.29, 0.717) is 16.1 Å². The van der Waals surface area contributed by atoms with E-state index in [4.69, 9.17) is 16.9 Å². The number of aliphatic hydroxyl groups excluding tert-OH is 2. The first-order valence-electron chi connectivity index (χ1n) is 4.21. The summed E-state index contributed by atoms with van der Waals surface area (Å²) in [5.41, 5.74) is 0.762. The lowest BCUT2D eigenvalue weighted by Crippen LogP contribution is -2.19. The van der Waals surface area contributed by atoms with Crippen LogP contribution in [0.2, 0.25) is 5.02 Å². The van der Waals surface area contributed by atoms with Crippen LogP contribution in [0.25, 0.3) is 0 Å². The Balaban J connectivity index is 3.07. The molecule has 15 heavy (non-hydrogen) atoms. The van der Waals surface area contributed by atoms with Gasteiger partial charge in [0.25, 0.3) is 0 Å². The Hall–Kier alpha value is -0.600. The third-order valence-corrected chi connectivity index (χ3v) is 2.97. The van der Waals surface area contributed by atoms with Crippen molar-refractivity contribution in [2.45, 2.75) is 12.2 Å². The fourth-order valence-electron chi connectivity index (χ4n) is 1.13. The first kappa shape index (κ1) is 12.5. The zero-order valence-electron chi connectivity index (χ0n) is 7.69. The molecule has 80 valence electrons. The van der Waals surface area contributed by atoms with Crippen LogP contribution in [0.3, 0.4) is 0 Å². The summed E-state index contributed by atoms with van der Waals surface area (Å²) >= 11 is 8.91. The molecule has 2 N–H and O–H groups in total. The molecule has 0 saturated heterocycles. The summed E-state index contributed by atoms with van der Waals surface area (Å²) in [7, 11) is 0. The second-order valence-electron chi connectivity index (χ2n) is 3.01. The minimum absolute atomic E-state index is 0.237. The van der Waals surface area contributed by atoms with E-state index in [1.165, 1.54) is 12.1 Å². The summed E-state index contributed by atoms with van der Waals surface area (Å²) in [6.07, 6.45) is -2.04. The van der Waals surface area contributed by atoms with E-state index in [0.717, 1.165) is 0 Å². The van der Waals surface area contributed by atoms with Gasteiger partial charge in [-0.25, -0.2) is 0 Å². The van der Waals surface area contributed by atoms with E-state index in [-0.39, 0.29) is 5.33 Å². The molecular formula is C10H9BrClNO2. The zero-order chi connectivity index (χ0) is 11.4. The highest BCUT2D eigenvalue weighted by Crippen LogP contribution is 2.26. The van der Waals surface area contributed by atoms with Crippen molar-refractivity contribution in [1.29, 1.82) is 5.26 Å². The van der Waals surface area contributed by atoms with Gasteiger partial charge in [0.2, 0.25) is 0 Å². The highest BCUT2D eigenvalue weighted by atomic mass is 79.9. The first-order valence-corrected chi connectivity index (χ1v) is 5.71. The van der Waals surface area contributed by atoms with Crippen molar-refractivity contribution >= 4 is 27.5 Å². The van der Waals surface area contributed by atoms with E-state index in [1.807, 2.05) is 6.07 Å². The Morgan fingerprint density at radius 2 is 2.13 bits per heavy atom. The summed E-state index contributed by atoms with van der Waals surface area (Å²) in [5.74, 6) is 0. The number of aliphatic hydroxyl groups is 2. The fraction of sp³-hybridized carbons (Fsp3) is 0.300. The minimum atomic E-state index is -1.09. The molecule has 0 fully saturated rings. The van der Waals surface area contributed by atoms with Crippen molar-refractivity contribution in [2.75, 3.05) is 5.33 Å². The zero-order valence-corrected chi connectivity index (χ0v) is 10.0. The van der Waals surface area contributed by atoms with Crippen molar-refractivity contribution in [1.82, 2.24) is 0 Å². The van der Waals surface area contributed by atoms with Gasteiger partial charge in [-0.05, 0) is 18.2 Å². The van der Waals surface area contributed by atoms with Gasteiger partial charge in [-0.2, -0.15) is 5.26 Å². The fourth-order valence-corrected chi connectivity index (χ4v) is 1.72. The molecule has 5 heteroatoms. The van der Waals surface area contributed by atoms with Gasteiger partial charge in [-0.15, -0.1) is 0 Å². The number of alkyl halides is 1. The molecule has 2 unspecified atom stereocenters. The summed E-state index contributed by atoms with van der Waals surface area (Å²) < 4.78 is 0. The van der Waals surface area contributed by atoms with Crippen LogP contribution in [0.1, 0.15) is 17.2 Å². The summed E-state index contributed by atoms with van der Waals surface area (Å²) in [6, 6.07) is 6.50. The van der Waals surface area contributed by atoms with E-state index in [9.17, 15) is 10.2 Å². The molecule has 1 aromatic carbocycles. The third kappa shape index (κ3) is 2.93. The topological polar surface area (TPSA) is 64.2 Å². The molecule has 0 aliphatic rings. The molecule has 0 radical (unpaired) electrons. The molecule has 3 nitrogen and oxygen atoms in total. The molecule has 1 rings (SSSR count). The number of hydrogen-bond donors (Lipinski definition) is 2. The molecule has 0 bridgehead atoms. The van der Waals surface area contributed by atoms with Crippen molar-refractivity contribution in [2.24, 2.45) is 0 Å². The Labute approximate surface area is 101 Å². The average Bonchev–Trinajstić information content (AvgIpc) is 2.27. The van der Waals surface area contributed by atoms with E-state index < -0.39 is 12.2 Å². The number of rotatable bonds is 3. The summed E-state index contributed by atoms with van der Waals surface area (Å²) in [4.78, 5) is 0. The monoisotopic (exact) mass is 289 g/mol. The predicted octanol–water partition coefficient (Wildman–Crippen LogP) is 2.00. The maximum Gasteiger partial charge on any atom is 0.107 e. The lowest BCUT2D eigenvalue weighted by molar-refractivity contribution is 0.0343. The van der Waals surface area contributed by atoms with Crippen LogP contribution >= 0.6 is 27.5 Å². The van der Waals surface area contributed by atoms with E-state index >= 15 is 0 Å². The van der Waals surface area contributed by atoms with Crippen LogP contribution in [-0.2, 0) is 0 Å². The van der Waals surface area contributed by atoms with E-state index in [1.54, 1.807) is 6.07 Å². The highest BCUT2D eigenvalue weighted by Gasteiger charge is 2.20. The van der Waals surface area contributed by atoms with Gasteiger partial charge in [0.1, 0.15) is 6.10 Å². The van der Waals surface area contributed by atoms with Crippen molar-refractivity contribution in [3.8, 4) is 6.07 Å². The number of halogens is 2. The smallest absolute Gasteiger partial charge is 0.107 e. The molecular weight excluding hydrogens is 281 g/mol. The van der Waals surface area contributed by atoms with Gasteiger partial charge >= 0.3 is 0 Å². The number of nitrogens with zero attached hydrogens (tertiary/aromatic N) is 1. The molecule has 0 heterocycles. The highest BCUT2D eigenvalue weighted by molar-refractivity contribution is 9.09. The molecule has 0 spiro atoms. The average molecular weight is 291 g/mol. The predicted molar refractivity (Wildman–Crippen MR) is 60.9 cm³/mol. The van der Waals surface area contributed by atoms with Crippen molar-refractivity contribution in [3.05, 3.63) is 34.3 Å². The van der Waals surface area contributed by atoms with E-state index in [2.05, 4.69) is 15.9 Å². The molecule has 0 amide bonds. The van der Waals surface area contributed by atoms with Crippen LogP contribution in [-0.4, -0.2) is 21.6 Å². The van der Waals surface area contributed by atoms with Gasteiger partial charge in [0, 0.05) is 15.9 Å². The maximum absolute atomic E-state index is 9.72. The number of hydrogen-bond acceptors (Lipinski definition) is 3. The molecule has 0 saturated carbocycles. The van der Waals surface area contributed by atoms with Crippen LogP contribution in [0.4, 0.5) is 0 Å². The third-order valence-electron chi connectivity index (χ3n) is 1.97. The maximum atomic E-state index is 9.72. The molecule has 0 aliphatic carbocycles. The van der Waals surface area contributed by atoms with Gasteiger partial charge < -0.3 is 10.2 Å². The van der Waals surface area contributed by atoms with Gasteiger partial charge in [0.05, 0.1) is 17.7 Å². The van der Waals surface area contributed by atoms with Crippen LogP contribution < -0.4 is 0 Å². The van der Waals surface area contributed by atoms with Gasteiger partial charge in [0.15, 0.2) is 0 Å². The van der Waals surface area contributed by atoms with Crippen LogP contribution in [0.5, 0.6) is 0 Å². The largest absolute Gasteiger partial charge is 0.389 e. The molecule has 2 atom stereocenters. The van der Waals surface area contributed by atoms with Crippen molar-refractivity contribution < 1.29 is 10.2 Å². The lowest BCUT2D eigenvalue weighted by atomic mass is 10.0. The SMILES string of the molecule is N#Cc1ccc(Cl)c(C(O)C(O)CBr)c1. The normalized spacial score (nSPS) is 14.3. The standard InChI is InChI=1S/C10H9BrClNO2/c11-4-9(14)10(15)7-3-6(5-13)1-2-8(7)12/h1-3,9-10,14-15H,4H2. The first-order chi connectivity index (χ1) is 7.10. The molecule has 0 aromatic heterocycles. The Morgan fingerprint density at radius 3 is 2.67 bits per heavy atom. The van der Waals surface area contributed by atoms with Crippen molar-refractivity contribution in [3.63, 3.8) is 0 Å². The number of nitriles is 1. The second kappa shape index (κ2) is 5.47.